The summed E-state index contributed by atoms with van der Waals surface area (Å²) >= 11 is 0. The third kappa shape index (κ3) is 15.1. The van der Waals surface area contributed by atoms with E-state index in [1.165, 1.54) is 25.1 Å². The summed E-state index contributed by atoms with van der Waals surface area (Å²) in [5, 5.41) is 5.70. The number of nitrogens with zero attached hydrogens (tertiary/aromatic N) is 1. The molecule has 23 nitrogen and oxygen atoms in total. The Morgan fingerprint density at radius 3 is 1.50 bits per heavy atom. The van der Waals surface area contributed by atoms with Gasteiger partial charge in [0, 0.05) is 35.7 Å². The van der Waals surface area contributed by atoms with Crippen molar-refractivity contribution in [3.05, 3.63) is 46.3 Å². The van der Waals surface area contributed by atoms with E-state index < -0.39 is 96.6 Å². The zero-order valence-corrected chi connectivity index (χ0v) is 39.9. The number of H-pyrrole nitrogens is 1. The lowest BCUT2D eigenvalue weighted by molar-refractivity contribution is -0.188. The minimum atomic E-state index is -1.64. The predicted octanol–water partition coefficient (Wildman–Crippen LogP) is 2.86. The normalized spacial score (nSPS) is 15.4. The molecule has 68 heavy (non-hydrogen) atoms. The predicted molar refractivity (Wildman–Crippen MR) is 235 cm³/mol. The Hall–Kier alpha value is -7.30. The SMILES string of the molecule is CCN(CC)CCNC(=O)c1c(C)[nH]c(/C=C2\C(=O)Nc3ccc(OC(=O)C(C)OC(=O)C(C)OC(=O)C(C)OC(=O)C(C)OC(=O)C(C)OC(=O)C(C)OC(=O)C(C)OC(=O)OC)cc32)c1C. The molecule has 0 bridgehead atoms. The van der Waals surface area contributed by atoms with Crippen molar-refractivity contribution in [1.29, 1.82) is 0 Å². The number of aromatic amines is 1. The Bertz CT molecular complexity index is 2280. The second kappa shape index (κ2) is 25.0. The number of fused-ring (bicyclic) bond motifs is 1. The number of carbonyl (C=O) groups is 10. The number of hydrogen-bond acceptors (Lipinski definition) is 20. The summed E-state index contributed by atoms with van der Waals surface area (Å²) in [5.41, 5.74) is 3.29. The van der Waals surface area contributed by atoms with Crippen LogP contribution in [0, 0.1) is 13.8 Å². The van der Waals surface area contributed by atoms with Crippen LogP contribution in [-0.2, 0) is 76.3 Å². The maximum Gasteiger partial charge on any atom is 0.508 e. The minimum absolute atomic E-state index is 0.00483. The maximum absolute atomic E-state index is 13.1. The van der Waals surface area contributed by atoms with Gasteiger partial charge in [0.1, 0.15) is 5.75 Å². The van der Waals surface area contributed by atoms with E-state index in [1.807, 2.05) is 13.8 Å². The van der Waals surface area contributed by atoms with Crippen molar-refractivity contribution in [2.75, 3.05) is 38.6 Å². The topological polar surface area (TPSA) is 297 Å². The van der Waals surface area contributed by atoms with Gasteiger partial charge in [0.15, 0.2) is 42.7 Å². The lowest BCUT2D eigenvalue weighted by atomic mass is 10.0. The van der Waals surface area contributed by atoms with Crippen LogP contribution < -0.4 is 15.4 Å². The molecule has 0 radical (unpaired) electrons. The number of esters is 7. The third-order valence-electron chi connectivity index (χ3n) is 10.1. The molecule has 1 aromatic heterocycles. The number of amides is 2. The third-order valence-corrected chi connectivity index (χ3v) is 10.1. The molecule has 2 amide bonds. The van der Waals surface area contributed by atoms with Crippen LogP contribution in [0.5, 0.6) is 5.75 Å². The number of carbonyl (C=O) groups excluding carboxylic acids is 10. The van der Waals surface area contributed by atoms with Gasteiger partial charge >= 0.3 is 47.9 Å². The van der Waals surface area contributed by atoms with Gasteiger partial charge in [-0.25, -0.2) is 38.4 Å². The van der Waals surface area contributed by atoms with E-state index in [4.69, 9.17) is 33.2 Å². The number of rotatable bonds is 22. The van der Waals surface area contributed by atoms with Crippen molar-refractivity contribution in [1.82, 2.24) is 15.2 Å². The summed E-state index contributed by atoms with van der Waals surface area (Å²) in [4.78, 5) is 131. The highest BCUT2D eigenvalue weighted by Gasteiger charge is 2.34. The molecule has 1 aliphatic rings. The molecule has 1 aliphatic heterocycles. The number of hydrogen-bond donors (Lipinski definition) is 3. The molecule has 23 heteroatoms. The van der Waals surface area contributed by atoms with Crippen LogP contribution in [0.4, 0.5) is 10.5 Å². The van der Waals surface area contributed by atoms with E-state index in [1.54, 1.807) is 19.9 Å². The zero-order chi connectivity index (χ0) is 51.2. The number of aromatic nitrogens is 1. The van der Waals surface area contributed by atoms with Gasteiger partial charge in [-0.1, -0.05) is 13.8 Å². The highest BCUT2D eigenvalue weighted by atomic mass is 16.7. The number of methoxy groups -OCH3 is 1. The monoisotopic (exact) mass is 958 g/mol. The second-order valence-corrected chi connectivity index (χ2v) is 15.3. The van der Waals surface area contributed by atoms with E-state index in [2.05, 4.69) is 30.0 Å². The first-order chi connectivity index (χ1) is 31.9. The second-order valence-electron chi connectivity index (χ2n) is 15.3. The Morgan fingerprint density at radius 1 is 0.647 bits per heavy atom. The van der Waals surface area contributed by atoms with Gasteiger partial charge in [-0.05, 0) is 105 Å². The van der Waals surface area contributed by atoms with Crippen LogP contribution >= 0.6 is 0 Å². The van der Waals surface area contributed by atoms with Crippen LogP contribution in [0.25, 0.3) is 11.6 Å². The smallest absolute Gasteiger partial charge is 0.448 e. The standard InChI is InChI=1S/C45H58N4O19/c1-13-49(14-2)18-17-46-37(51)35-21(3)34(47-22(35)4)20-32-31-19-30(15-16-33(31)48-36(32)50)68-44(58)28(10)66-42(56)26(8)64-40(54)24(6)62-38(52)23(5)61-39(53)25(7)63-41(55)27(9)65-43(57)29(11)67-45(59)60-12/h15-16,19-20,23-29,47H,13-14,17-18H2,1-12H3,(H,46,51)(H,48,50)/b32-20-. The fourth-order valence-corrected chi connectivity index (χ4v) is 6.08. The molecular formula is C45H58N4O19. The minimum Gasteiger partial charge on any atom is -0.448 e. The van der Waals surface area contributed by atoms with Crippen molar-refractivity contribution in [3.8, 4) is 5.75 Å². The van der Waals surface area contributed by atoms with Crippen LogP contribution in [0.1, 0.15) is 95.2 Å². The van der Waals surface area contributed by atoms with E-state index >= 15 is 0 Å². The molecule has 372 valence electrons. The van der Waals surface area contributed by atoms with Crippen molar-refractivity contribution < 1.29 is 90.6 Å². The van der Waals surface area contributed by atoms with Crippen molar-refractivity contribution >= 4 is 77.1 Å². The summed E-state index contributed by atoms with van der Waals surface area (Å²) in [7, 11) is 1.02. The Labute approximate surface area is 391 Å². The number of nitrogens with one attached hydrogen (secondary N) is 3. The first-order valence-electron chi connectivity index (χ1n) is 21.5. The summed E-state index contributed by atoms with van der Waals surface area (Å²) in [6.45, 7) is 18.4. The van der Waals surface area contributed by atoms with Crippen LogP contribution in [-0.4, -0.2) is 146 Å². The van der Waals surface area contributed by atoms with Gasteiger partial charge < -0.3 is 63.1 Å². The number of benzene rings is 1. The van der Waals surface area contributed by atoms with Crippen LogP contribution in [0.15, 0.2) is 18.2 Å². The molecule has 3 rings (SSSR count). The van der Waals surface area contributed by atoms with Gasteiger partial charge in [-0.15, -0.1) is 0 Å². The zero-order valence-electron chi connectivity index (χ0n) is 39.9. The van der Waals surface area contributed by atoms with Gasteiger partial charge in [0.25, 0.3) is 11.8 Å². The van der Waals surface area contributed by atoms with Gasteiger partial charge in [-0.3, -0.25) is 9.59 Å². The van der Waals surface area contributed by atoms with E-state index in [-0.39, 0.29) is 17.2 Å². The average Bonchev–Trinajstić information content (AvgIpc) is 3.75. The Kier molecular flexibility index (Phi) is 20.2. The molecule has 0 saturated carbocycles. The molecule has 1 aromatic carbocycles. The average molecular weight is 959 g/mol. The molecule has 0 fully saturated rings. The molecule has 0 saturated heterocycles. The Morgan fingerprint density at radius 2 is 1.07 bits per heavy atom. The fraction of sp³-hybridized carbons (Fsp3) is 0.511. The van der Waals surface area contributed by atoms with Crippen molar-refractivity contribution in [2.24, 2.45) is 0 Å². The molecular weight excluding hydrogens is 901 g/mol. The van der Waals surface area contributed by atoms with E-state index in [9.17, 15) is 47.9 Å². The fourth-order valence-electron chi connectivity index (χ4n) is 6.08. The van der Waals surface area contributed by atoms with E-state index in [0.717, 1.165) is 61.7 Å². The number of likely N-dealkylation sites (N-methyl/N-ethyl adjacent to an activating group) is 1. The number of anilines is 1. The van der Waals surface area contributed by atoms with Crippen molar-refractivity contribution in [2.45, 2.75) is 119 Å². The summed E-state index contributed by atoms with van der Waals surface area (Å²) < 4.78 is 44.2. The van der Waals surface area contributed by atoms with E-state index in [0.29, 0.717) is 46.9 Å². The molecule has 7 unspecified atom stereocenters. The first kappa shape index (κ1) is 55.0. The lowest BCUT2D eigenvalue weighted by Crippen LogP contribution is -2.39. The summed E-state index contributed by atoms with van der Waals surface area (Å²) in [5.74, 6) is -8.82. The number of aryl methyl sites for hydroxylation is 1. The highest BCUT2D eigenvalue weighted by Crippen LogP contribution is 2.36. The summed E-state index contributed by atoms with van der Waals surface area (Å²) in [6.07, 6.45) is -10.6. The Balaban J connectivity index is 1.51. The van der Waals surface area contributed by atoms with Crippen LogP contribution in [0.3, 0.4) is 0 Å². The molecule has 0 spiro atoms. The van der Waals surface area contributed by atoms with Gasteiger partial charge in [0.05, 0.1) is 18.2 Å². The van der Waals surface area contributed by atoms with Gasteiger partial charge in [0.2, 0.25) is 0 Å². The lowest BCUT2D eigenvalue weighted by Gasteiger charge is -2.21. The van der Waals surface area contributed by atoms with Crippen molar-refractivity contribution in [3.63, 3.8) is 0 Å². The first-order valence-corrected chi connectivity index (χ1v) is 21.5. The quantitative estimate of drug-likeness (QED) is 0.0661. The van der Waals surface area contributed by atoms with Gasteiger partial charge in [-0.2, -0.15) is 0 Å². The maximum atomic E-state index is 13.1. The summed E-state index contributed by atoms with van der Waals surface area (Å²) in [6, 6.07) is 4.38. The van der Waals surface area contributed by atoms with Crippen LogP contribution in [0.2, 0.25) is 0 Å². The molecule has 2 heterocycles. The molecule has 7 atom stereocenters. The largest absolute Gasteiger partial charge is 0.508 e. The number of ether oxygens (including phenoxy) is 9. The molecule has 0 aliphatic carbocycles. The molecule has 3 N–H and O–H groups in total. The highest BCUT2D eigenvalue weighted by molar-refractivity contribution is 6.35. The molecule has 2 aromatic rings.